The van der Waals surface area contributed by atoms with Gasteiger partial charge in [0, 0.05) is 24.4 Å². The summed E-state index contributed by atoms with van der Waals surface area (Å²) < 4.78 is 5.07. The molecule has 7 heteroatoms. The highest BCUT2D eigenvalue weighted by Crippen LogP contribution is 2.18. The van der Waals surface area contributed by atoms with E-state index in [2.05, 4.69) is 10.3 Å². The number of benzene rings is 1. The van der Waals surface area contributed by atoms with E-state index >= 15 is 0 Å². The van der Waals surface area contributed by atoms with Crippen LogP contribution in [0, 0.1) is 0 Å². The van der Waals surface area contributed by atoms with Crippen LogP contribution in [-0.2, 0) is 9.53 Å². The number of pyridine rings is 1. The van der Waals surface area contributed by atoms with E-state index in [1.165, 1.54) is 18.7 Å². The van der Waals surface area contributed by atoms with Gasteiger partial charge in [0.1, 0.15) is 5.03 Å². The predicted molar refractivity (Wildman–Crippen MR) is 91.4 cm³/mol. The standard InChI is InChI=1S/C17H16N2O4S/c1-11(20)19-13-7-5-12(6-8-13)15(21)10-23-17(22)14-4-3-9-18-16(14)24-2/h3-9H,10H2,1-2H3,(H,19,20). The summed E-state index contributed by atoms with van der Waals surface area (Å²) in [4.78, 5) is 39.2. The minimum atomic E-state index is -0.587. The van der Waals surface area contributed by atoms with Gasteiger partial charge in [0.15, 0.2) is 12.4 Å². The summed E-state index contributed by atoms with van der Waals surface area (Å²) in [7, 11) is 0. The Morgan fingerprint density at radius 2 is 1.88 bits per heavy atom. The van der Waals surface area contributed by atoms with Gasteiger partial charge in [-0.15, -0.1) is 11.8 Å². The fraction of sp³-hybridized carbons (Fsp3) is 0.176. The highest BCUT2D eigenvalue weighted by Gasteiger charge is 2.15. The van der Waals surface area contributed by atoms with Crippen molar-refractivity contribution in [2.45, 2.75) is 11.9 Å². The average Bonchev–Trinajstić information content (AvgIpc) is 2.59. The molecule has 0 atom stereocenters. The van der Waals surface area contributed by atoms with Crippen LogP contribution in [0.15, 0.2) is 47.6 Å². The summed E-state index contributed by atoms with van der Waals surface area (Å²) in [5.74, 6) is -1.10. The van der Waals surface area contributed by atoms with Crippen molar-refractivity contribution in [2.75, 3.05) is 18.2 Å². The van der Waals surface area contributed by atoms with Crippen LogP contribution >= 0.6 is 11.8 Å². The molecule has 0 aliphatic carbocycles. The van der Waals surface area contributed by atoms with Crippen molar-refractivity contribution in [1.29, 1.82) is 0 Å². The van der Waals surface area contributed by atoms with Crippen molar-refractivity contribution < 1.29 is 19.1 Å². The lowest BCUT2D eigenvalue weighted by atomic mass is 10.1. The van der Waals surface area contributed by atoms with Crippen LogP contribution in [-0.4, -0.2) is 35.5 Å². The van der Waals surface area contributed by atoms with E-state index in [9.17, 15) is 14.4 Å². The number of ether oxygens (including phenoxy) is 1. The maximum atomic E-state index is 12.1. The molecule has 0 spiro atoms. The average molecular weight is 344 g/mol. The van der Waals surface area contributed by atoms with Gasteiger partial charge in [-0.05, 0) is 42.7 Å². The summed E-state index contributed by atoms with van der Waals surface area (Å²) in [6.07, 6.45) is 3.39. The zero-order chi connectivity index (χ0) is 17.5. The molecule has 0 aliphatic rings. The molecule has 2 aromatic rings. The first kappa shape index (κ1) is 17.7. The zero-order valence-corrected chi connectivity index (χ0v) is 14.1. The number of ketones is 1. The largest absolute Gasteiger partial charge is 0.454 e. The number of carbonyl (C=O) groups excluding carboxylic acids is 3. The highest BCUT2D eigenvalue weighted by atomic mass is 32.2. The van der Waals surface area contributed by atoms with Crippen molar-refractivity contribution in [1.82, 2.24) is 4.98 Å². The van der Waals surface area contributed by atoms with Gasteiger partial charge in [0.25, 0.3) is 0 Å². The molecule has 124 valence electrons. The van der Waals surface area contributed by atoms with Crippen molar-refractivity contribution >= 4 is 35.1 Å². The molecule has 1 heterocycles. The minimum absolute atomic E-state index is 0.191. The van der Waals surface area contributed by atoms with E-state index in [4.69, 9.17) is 4.74 Å². The number of rotatable bonds is 6. The van der Waals surface area contributed by atoms with E-state index in [0.717, 1.165) is 0 Å². The third-order valence-electron chi connectivity index (χ3n) is 3.05. The predicted octanol–water partition coefficient (Wildman–Crippen LogP) is 2.80. The number of carbonyl (C=O) groups is 3. The van der Waals surface area contributed by atoms with Gasteiger partial charge in [-0.3, -0.25) is 9.59 Å². The number of hydrogen-bond donors (Lipinski definition) is 1. The zero-order valence-electron chi connectivity index (χ0n) is 13.2. The van der Waals surface area contributed by atoms with E-state index in [1.807, 2.05) is 0 Å². The number of aromatic nitrogens is 1. The number of esters is 1. The molecule has 1 aromatic carbocycles. The Bertz CT molecular complexity index is 759. The molecule has 0 saturated carbocycles. The number of hydrogen-bond acceptors (Lipinski definition) is 6. The van der Waals surface area contributed by atoms with Crippen molar-refractivity contribution in [2.24, 2.45) is 0 Å². The Kier molecular flexibility index (Phi) is 6.08. The van der Waals surface area contributed by atoms with E-state index in [1.54, 1.807) is 48.9 Å². The quantitative estimate of drug-likeness (QED) is 0.493. The first-order chi connectivity index (χ1) is 11.5. The third-order valence-corrected chi connectivity index (χ3v) is 3.76. The second-order valence-electron chi connectivity index (χ2n) is 4.82. The molecule has 0 bridgehead atoms. The molecule has 6 nitrogen and oxygen atoms in total. The molecule has 2 rings (SSSR count). The van der Waals surface area contributed by atoms with Gasteiger partial charge in [0.2, 0.25) is 5.91 Å². The number of nitrogens with zero attached hydrogens (tertiary/aromatic N) is 1. The van der Waals surface area contributed by atoms with E-state index < -0.39 is 5.97 Å². The maximum Gasteiger partial charge on any atom is 0.341 e. The summed E-state index contributed by atoms with van der Waals surface area (Å²) >= 11 is 1.33. The Labute approximate surface area is 143 Å². The molecule has 1 aromatic heterocycles. The van der Waals surface area contributed by atoms with Gasteiger partial charge in [0.05, 0.1) is 5.56 Å². The van der Waals surface area contributed by atoms with Gasteiger partial charge in [-0.1, -0.05) is 0 Å². The minimum Gasteiger partial charge on any atom is -0.454 e. The second-order valence-corrected chi connectivity index (χ2v) is 5.61. The summed E-state index contributed by atoms with van der Waals surface area (Å²) in [5.41, 5.74) is 1.32. The fourth-order valence-corrected chi connectivity index (χ4v) is 2.48. The fourth-order valence-electron chi connectivity index (χ4n) is 1.94. The first-order valence-electron chi connectivity index (χ1n) is 7.08. The number of nitrogens with one attached hydrogen (secondary N) is 1. The van der Waals surface area contributed by atoms with E-state index in [0.29, 0.717) is 21.8 Å². The van der Waals surface area contributed by atoms with Crippen molar-refractivity contribution in [3.8, 4) is 0 Å². The van der Waals surface area contributed by atoms with Crippen LogP contribution in [0.5, 0.6) is 0 Å². The Morgan fingerprint density at radius 1 is 1.17 bits per heavy atom. The number of thioether (sulfide) groups is 1. The van der Waals surface area contributed by atoms with Crippen LogP contribution in [0.3, 0.4) is 0 Å². The van der Waals surface area contributed by atoms with Gasteiger partial charge in [-0.25, -0.2) is 9.78 Å². The van der Waals surface area contributed by atoms with Gasteiger partial charge >= 0.3 is 5.97 Å². The summed E-state index contributed by atoms with van der Waals surface area (Å²) in [6, 6.07) is 9.61. The number of anilines is 1. The first-order valence-corrected chi connectivity index (χ1v) is 8.30. The molecule has 1 amide bonds. The van der Waals surface area contributed by atoms with E-state index in [-0.39, 0.29) is 18.3 Å². The number of Topliss-reactive ketones (excluding diaryl/α,β-unsaturated/α-hetero) is 1. The summed E-state index contributed by atoms with van der Waals surface area (Å²) in [6.45, 7) is 1.04. The molecular formula is C17H16N2O4S. The molecule has 24 heavy (non-hydrogen) atoms. The normalized spacial score (nSPS) is 10.1. The van der Waals surface area contributed by atoms with Crippen molar-refractivity contribution in [3.05, 3.63) is 53.7 Å². The SMILES string of the molecule is CSc1ncccc1C(=O)OCC(=O)c1ccc(NC(C)=O)cc1. The Balaban J connectivity index is 1.97. The molecule has 0 aliphatic heterocycles. The lowest BCUT2D eigenvalue weighted by Gasteiger charge is -2.07. The summed E-state index contributed by atoms with van der Waals surface area (Å²) in [5, 5.41) is 3.16. The van der Waals surface area contributed by atoms with Crippen LogP contribution < -0.4 is 5.32 Å². The molecule has 1 N–H and O–H groups in total. The van der Waals surface area contributed by atoms with Crippen molar-refractivity contribution in [3.63, 3.8) is 0 Å². The van der Waals surface area contributed by atoms with Crippen LogP contribution in [0.2, 0.25) is 0 Å². The Hall–Kier alpha value is -2.67. The lowest BCUT2D eigenvalue weighted by Crippen LogP contribution is -2.15. The molecule has 0 fully saturated rings. The molecule has 0 unspecified atom stereocenters. The smallest absolute Gasteiger partial charge is 0.341 e. The second kappa shape index (κ2) is 8.26. The lowest BCUT2D eigenvalue weighted by molar-refractivity contribution is -0.114. The van der Waals surface area contributed by atoms with Crippen LogP contribution in [0.25, 0.3) is 0 Å². The third kappa shape index (κ3) is 4.66. The topological polar surface area (TPSA) is 85.4 Å². The monoisotopic (exact) mass is 344 g/mol. The van der Waals surface area contributed by atoms with Gasteiger partial charge < -0.3 is 10.1 Å². The molecule has 0 radical (unpaired) electrons. The van der Waals surface area contributed by atoms with Crippen LogP contribution in [0.4, 0.5) is 5.69 Å². The highest BCUT2D eigenvalue weighted by molar-refractivity contribution is 7.98. The maximum absolute atomic E-state index is 12.1. The number of amides is 1. The molecular weight excluding hydrogens is 328 g/mol. The van der Waals surface area contributed by atoms with Crippen LogP contribution in [0.1, 0.15) is 27.6 Å². The Morgan fingerprint density at radius 3 is 2.50 bits per heavy atom. The molecule has 0 saturated heterocycles. The van der Waals surface area contributed by atoms with Gasteiger partial charge in [-0.2, -0.15) is 0 Å².